The lowest BCUT2D eigenvalue weighted by atomic mass is 10.6. The summed E-state index contributed by atoms with van der Waals surface area (Å²) in [4.78, 5) is 21.4. The predicted octanol–water partition coefficient (Wildman–Crippen LogP) is -0.299. The first kappa shape index (κ1) is 6.76. The zero-order chi connectivity index (χ0) is 7.40. The summed E-state index contributed by atoms with van der Waals surface area (Å²) in [5.74, 6) is -0.144. The zero-order valence-electron chi connectivity index (χ0n) is 5.42. The number of rotatable bonds is 2. The van der Waals surface area contributed by atoms with Crippen molar-refractivity contribution in [2.45, 2.75) is 0 Å². The molecule has 5 nitrogen and oxygen atoms in total. The predicted molar refractivity (Wildman–Crippen MR) is 33.1 cm³/mol. The molecular weight excluding hydrogens is 134 g/mol. The Morgan fingerprint density at radius 3 is 3.20 bits per heavy atom. The van der Waals surface area contributed by atoms with Gasteiger partial charge < -0.3 is 4.98 Å². The molecule has 1 aromatic rings. The van der Waals surface area contributed by atoms with Crippen LogP contribution >= 0.6 is 0 Å². The fraction of sp³-hybridized carbons (Fsp3) is 0.200. The number of nitrogens with zero attached hydrogens (tertiary/aromatic N) is 1. The summed E-state index contributed by atoms with van der Waals surface area (Å²) in [6.45, 7) is 0. The monoisotopic (exact) mass is 141 g/mol. The van der Waals surface area contributed by atoms with Crippen LogP contribution in [0, 0.1) is 0 Å². The molecule has 10 heavy (non-hydrogen) atoms. The molecule has 1 heterocycles. The maximum atomic E-state index is 10.8. The van der Waals surface area contributed by atoms with Crippen LogP contribution in [0.4, 0.5) is 0 Å². The number of imidazole rings is 1. The Labute approximate surface area is 57.4 Å². The number of hydrogen-bond acceptors (Lipinski definition) is 3. The molecular formula is C5H7N3O2. The van der Waals surface area contributed by atoms with Crippen molar-refractivity contribution in [1.82, 2.24) is 15.4 Å². The van der Waals surface area contributed by atoms with E-state index < -0.39 is 0 Å². The van der Waals surface area contributed by atoms with Gasteiger partial charge in [0.2, 0.25) is 0 Å². The van der Waals surface area contributed by atoms with Crippen LogP contribution in [0.1, 0.15) is 10.6 Å². The molecule has 0 aliphatic heterocycles. The minimum absolute atomic E-state index is 0.238. The number of amides is 1. The third kappa shape index (κ3) is 1.32. The van der Waals surface area contributed by atoms with Gasteiger partial charge in [0.15, 0.2) is 5.82 Å². The van der Waals surface area contributed by atoms with Crippen molar-refractivity contribution >= 4 is 5.91 Å². The lowest BCUT2D eigenvalue weighted by Gasteiger charge is -1.95. The van der Waals surface area contributed by atoms with Gasteiger partial charge in [0.25, 0.3) is 0 Å². The molecule has 0 unspecified atom stereocenters. The van der Waals surface area contributed by atoms with Gasteiger partial charge in [0, 0.05) is 12.4 Å². The summed E-state index contributed by atoms with van der Waals surface area (Å²) in [5.41, 5.74) is 2.12. The van der Waals surface area contributed by atoms with E-state index in [1.165, 1.54) is 13.3 Å². The van der Waals surface area contributed by atoms with Crippen molar-refractivity contribution in [2.24, 2.45) is 0 Å². The summed E-state index contributed by atoms with van der Waals surface area (Å²) >= 11 is 0. The van der Waals surface area contributed by atoms with Gasteiger partial charge in [-0.1, -0.05) is 0 Å². The van der Waals surface area contributed by atoms with E-state index in [1.54, 1.807) is 6.20 Å². The second-order valence-electron chi connectivity index (χ2n) is 1.57. The maximum Gasteiger partial charge on any atom is 0.310 e. The Hall–Kier alpha value is -1.36. The van der Waals surface area contributed by atoms with E-state index in [0.29, 0.717) is 0 Å². The molecule has 0 saturated heterocycles. The number of hydroxylamine groups is 1. The smallest absolute Gasteiger partial charge is 0.310 e. The van der Waals surface area contributed by atoms with Crippen molar-refractivity contribution in [3.63, 3.8) is 0 Å². The SMILES string of the molecule is CONC(=O)c1ncc[nH]1. The fourth-order valence-corrected chi connectivity index (χ4v) is 0.530. The van der Waals surface area contributed by atoms with Gasteiger partial charge in [-0.25, -0.2) is 10.5 Å². The lowest BCUT2D eigenvalue weighted by Crippen LogP contribution is -2.22. The quantitative estimate of drug-likeness (QED) is 0.555. The number of aromatic nitrogens is 2. The standard InChI is InChI=1S/C5H7N3O2/c1-10-8-5(9)4-6-2-3-7-4/h2-3H,1H3,(H,6,7)(H,8,9). The number of H-pyrrole nitrogens is 1. The Morgan fingerprint density at radius 1 is 1.90 bits per heavy atom. The highest BCUT2D eigenvalue weighted by Crippen LogP contribution is 1.85. The average Bonchev–Trinajstić information content (AvgIpc) is 2.38. The highest BCUT2D eigenvalue weighted by atomic mass is 16.6. The molecule has 0 fully saturated rings. The van der Waals surface area contributed by atoms with E-state index >= 15 is 0 Å². The molecule has 0 bridgehead atoms. The maximum absolute atomic E-state index is 10.8. The summed E-state index contributed by atoms with van der Waals surface area (Å²) in [6, 6.07) is 0. The number of hydrogen-bond donors (Lipinski definition) is 2. The molecule has 54 valence electrons. The first-order valence-corrected chi connectivity index (χ1v) is 2.67. The van der Waals surface area contributed by atoms with Crippen molar-refractivity contribution in [3.8, 4) is 0 Å². The van der Waals surface area contributed by atoms with Gasteiger partial charge >= 0.3 is 5.91 Å². The third-order valence-electron chi connectivity index (χ3n) is 0.908. The molecule has 0 aromatic carbocycles. The molecule has 5 heteroatoms. The van der Waals surface area contributed by atoms with Crippen LogP contribution in [-0.2, 0) is 4.84 Å². The Bertz CT molecular complexity index is 207. The Morgan fingerprint density at radius 2 is 2.70 bits per heavy atom. The van der Waals surface area contributed by atoms with Crippen LogP contribution < -0.4 is 5.48 Å². The van der Waals surface area contributed by atoms with E-state index in [1.807, 2.05) is 0 Å². The minimum Gasteiger partial charge on any atom is -0.340 e. The molecule has 0 spiro atoms. The number of aromatic amines is 1. The molecule has 0 atom stereocenters. The number of carbonyl (C=O) groups excluding carboxylic acids is 1. The van der Waals surface area contributed by atoms with E-state index in [4.69, 9.17) is 0 Å². The van der Waals surface area contributed by atoms with Gasteiger partial charge in [0.1, 0.15) is 0 Å². The molecule has 0 aliphatic carbocycles. The van der Waals surface area contributed by atoms with Gasteiger partial charge in [-0.15, -0.1) is 0 Å². The summed E-state index contributed by atoms with van der Waals surface area (Å²) in [5, 5.41) is 0. The number of nitrogens with one attached hydrogen (secondary N) is 2. The highest BCUT2D eigenvalue weighted by Gasteiger charge is 2.04. The first-order valence-electron chi connectivity index (χ1n) is 2.67. The second-order valence-corrected chi connectivity index (χ2v) is 1.57. The van der Waals surface area contributed by atoms with E-state index in [9.17, 15) is 4.79 Å². The fourth-order valence-electron chi connectivity index (χ4n) is 0.530. The molecule has 1 rings (SSSR count). The van der Waals surface area contributed by atoms with Crippen LogP contribution in [0.3, 0.4) is 0 Å². The zero-order valence-corrected chi connectivity index (χ0v) is 5.42. The molecule has 0 aliphatic rings. The topological polar surface area (TPSA) is 67.0 Å². The molecule has 0 radical (unpaired) electrons. The highest BCUT2D eigenvalue weighted by molar-refractivity contribution is 5.89. The van der Waals surface area contributed by atoms with Crippen LogP contribution in [0.25, 0.3) is 0 Å². The first-order chi connectivity index (χ1) is 4.84. The lowest BCUT2D eigenvalue weighted by molar-refractivity contribution is 0.0527. The van der Waals surface area contributed by atoms with Crippen molar-refractivity contribution in [2.75, 3.05) is 7.11 Å². The van der Waals surface area contributed by atoms with Crippen LogP contribution in [0.15, 0.2) is 12.4 Å². The van der Waals surface area contributed by atoms with Gasteiger partial charge in [-0.2, -0.15) is 0 Å². The average molecular weight is 141 g/mol. The van der Waals surface area contributed by atoms with Crippen molar-refractivity contribution in [3.05, 3.63) is 18.2 Å². The van der Waals surface area contributed by atoms with Crippen molar-refractivity contribution < 1.29 is 9.63 Å². The second kappa shape index (κ2) is 2.98. The minimum atomic E-state index is -0.382. The van der Waals surface area contributed by atoms with Gasteiger partial charge in [0.05, 0.1) is 7.11 Å². The van der Waals surface area contributed by atoms with Crippen LogP contribution in [-0.4, -0.2) is 23.0 Å². The summed E-state index contributed by atoms with van der Waals surface area (Å²) in [7, 11) is 1.36. The van der Waals surface area contributed by atoms with E-state index in [-0.39, 0.29) is 11.7 Å². The number of carbonyl (C=O) groups is 1. The third-order valence-corrected chi connectivity index (χ3v) is 0.908. The summed E-state index contributed by atoms with van der Waals surface area (Å²) in [6.07, 6.45) is 3.05. The Balaban J connectivity index is 2.59. The van der Waals surface area contributed by atoms with Crippen molar-refractivity contribution in [1.29, 1.82) is 0 Å². The Kier molecular flexibility index (Phi) is 2.01. The van der Waals surface area contributed by atoms with Crippen LogP contribution in [0.2, 0.25) is 0 Å². The normalized spacial score (nSPS) is 9.30. The molecule has 0 saturated carbocycles. The largest absolute Gasteiger partial charge is 0.340 e. The van der Waals surface area contributed by atoms with E-state index in [2.05, 4.69) is 20.3 Å². The van der Waals surface area contributed by atoms with E-state index in [0.717, 1.165) is 0 Å². The van der Waals surface area contributed by atoms with Gasteiger partial charge in [-0.05, 0) is 0 Å². The van der Waals surface area contributed by atoms with Crippen LogP contribution in [0.5, 0.6) is 0 Å². The summed E-state index contributed by atoms with van der Waals surface area (Å²) < 4.78 is 0. The van der Waals surface area contributed by atoms with Gasteiger partial charge in [-0.3, -0.25) is 9.63 Å². The molecule has 1 amide bonds. The molecule has 1 aromatic heterocycles. The molecule has 2 N–H and O–H groups in total.